The van der Waals surface area contributed by atoms with Gasteiger partial charge in [0.2, 0.25) is 5.91 Å². The second kappa shape index (κ2) is 10.0. The first-order valence-corrected chi connectivity index (χ1v) is 10.2. The summed E-state index contributed by atoms with van der Waals surface area (Å²) in [6.45, 7) is 4.48. The molecule has 0 saturated heterocycles. The number of hydrogen-bond donors (Lipinski definition) is 1. The van der Waals surface area contributed by atoms with Crippen LogP contribution in [0.15, 0.2) is 48.7 Å². The van der Waals surface area contributed by atoms with Gasteiger partial charge in [-0.3, -0.25) is 9.78 Å². The normalized spacial score (nSPS) is 14.8. The number of aromatic nitrogens is 2. The van der Waals surface area contributed by atoms with Crippen molar-refractivity contribution in [1.29, 1.82) is 5.26 Å². The second-order valence-corrected chi connectivity index (χ2v) is 7.33. The highest BCUT2D eigenvalue weighted by molar-refractivity contribution is 5.78. The molecule has 0 bridgehead atoms. The fourth-order valence-corrected chi connectivity index (χ4v) is 3.60. The number of rotatable bonds is 9. The third kappa shape index (κ3) is 5.01. The van der Waals surface area contributed by atoms with Gasteiger partial charge in [0.1, 0.15) is 24.2 Å². The van der Waals surface area contributed by atoms with Crippen molar-refractivity contribution in [1.82, 2.24) is 15.3 Å². The van der Waals surface area contributed by atoms with Gasteiger partial charge in [-0.05, 0) is 51.3 Å². The van der Waals surface area contributed by atoms with E-state index in [1.165, 1.54) is 6.20 Å². The van der Waals surface area contributed by atoms with Crippen molar-refractivity contribution in [3.05, 3.63) is 59.8 Å². The van der Waals surface area contributed by atoms with E-state index in [-0.39, 0.29) is 12.5 Å². The zero-order valence-electron chi connectivity index (χ0n) is 18.1. The highest BCUT2D eigenvalue weighted by Gasteiger charge is 2.42. The van der Waals surface area contributed by atoms with Crippen LogP contribution in [-0.4, -0.2) is 36.1 Å². The SMILES string of the molecule is CCN(/C(C)=C/NC(=O)COC1(c2cnccc2OC)CCC1)c1ccc(C#N)cn1. The first kappa shape index (κ1) is 22.2. The van der Waals surface area contributed by atoms with Gasteiger partial charge in [0.25, 0.3) is 0 Å². The number of anilines is 1. The van der Waals surface area contributed by atoms with E-state index in [1.54, 1.807) is 37.8 Å². The summed E-state index contributed by atoms with van der Waals surface area (Å²) in [4.78, 5) is 22.9. The number of amides is 1. The van der Waals surface area contributed by atoms with Gasteiger partial charge in [0.05, 0.1) is 18.3 Å². The molecule has 2 aromatic rings. The molecule has 0 aromatic carbocycles. The zero-order chi connectivity index (χ0) is 22.3. The van der Waals surface area contributed by atoms with Crippen LogP contribution in [0.3, 0.4) is 0 Å². The lowest BCUT2D eigenvalue weighted by Gasteiger charge is -2.42. The van der Waals surface area contributed by atoms with E-state index in [0.717, 1.165) is 36.3 Å². The molecule has 1 saturated carbocycles. The van der Waals surface area contributed by atoms with Crippen LogP contribution in [-0.2, 0) is 15.1 Å². The molecule has 0 atom stereocenters. The molecule has 3 rings (SSSR count). The van der Waals surface area contributed by atoms with Crippen LogP contribution >= 0.6 is 0 Å². The molecule has 1 fully saturated rings. The van der Waals surface area contributed by atoms with Crippen molar-refractivity contribution in [3.63, 3.8) is 0 Å². The number of pyridine rings is 2. The number of nitrogens with zero attached hydrogens (tertiary/aromatic N) is 4. The maximum atomic E-state index is 12.5. The minimum Gasteiger partial charge on any atom is -0.496 e. The monoisotopic (exact) mass is 421 g/mol. The van der Waals surface area contributed by atoms with E-state index in [4.69, 9.17) is 14.7 Å². The molecule has 0 spiro atoms. The lowest BCUT2D eigenvalue weighted by molar-refractivity contribution is -0.143. The predicted octanol–water partition coefficient (Wildman–Crippen LogP) is 3.26. The summed E-state index contributed by atoms with van der Waals surface area (Å²) in [7, 11) is 1.62. The Morgan fingerprint density at radius 3 is 2.74 bits per heavy atom. The average Bonchev–Trinajstić information content (AvgIpc) is 2.78. The minimum absolute atomic E-state index is 0.0664. The lowest BCUT2D eigenvalue weighted by Crippen LogP contribution is -2.40. The molecule has 8 nitrogen and oxygen atoms in total. The van der Waals surface area contributed by atoms with Gasteiger partial charge in [-0.2, -0.15) is 5.26 Å². The van der Waals surface area contributed by atoms with Crippen LogP contribution < -0.4 is 15.0 Å². The molecule has 1 aliphatic rings. The van der Waals surface area contributed by atoms with Gasteiger partial charge in [0, 0.05) is 42.6 Å². The van der Waals surface area contributed by atoms with E-state index in [0.29, 0.717) is 17.9 Å². The van der Waals surface area contributed by atoms with Crippen LogP contribution in [0.1, 0.15) is 44.2 Å². The van der Waals surface area contributed by atoms with Gasteiger partial charge in [0.15, 0.2) is 0 Å². The second-order valence-electron chi connectivity index (χ2n) is 7.33. The van der Waals surface area contributed by atoms with E-state index in [2.05, 4.69) is 21.4 Å². The van der Waals surface area contributed by atoms with Crippen molar-refractivity contribution in [3.8, 4) is 11.8 Å². The topological polar surface area (TPSA) is 100 Å². The average molecular weight is 422 g/mol. The summed E-state index contributed by atoms with van der Waals surface area (Å²) in [5, 5.41) is 11.7. The molecule has 0 radical (unpaired) electrons. The smallest absolute Gasteiger partial charge is 0.250 e. The molecule has 8 heteroatoms. The number of nitrogens with one attached hydrogen (secondary N) is 1. The Hall–Kier alpha value is -3.44. The van der Waals surface area contributed by atoms with Crippen molar-refractivity contribution < 1.29 is 14.3 Å². The summed E-state index contributed by atoms with van der Waals surface area (Å²) < 4.78 is 11.5. The number of carbonyl (C=O) groups excluding carboxylic acids is 1. The Morgan fingerprint density at radius 2 is 2.16 bits per heavy atom. The Bertz CT molecular complexity index is 977. The molecule has 0 unspecified atom stereocenters. The maximum absolute atomic E-state index is 12.5. The number of carbonyl (C=O) groups is 1. The van der Waals surface area contributed by atoms with Gasteiger partial charge >= 0.3 is 0 Å². The Labute approximate surface area is 182 Å². The molecule has 162 valence electrons. The van der Waals surface area contributed by atoms with E-state index in [1.807, 2.05) is 24.8 Å². The predicted molar refractivity (Wildman–Crippen MR) is 116 cm³/mol. The summed E-state index contributed by atoms with van der Waals surface area (Å²) in [6.07, 6.45) is 9.29. The molecular formula is C23H27N5O3. The summed E-state index contributed by atoms with van der Waals surface area (Å²) in [5.74, 6) is 1.19. The maximum Gasteiger partial charge on any atom is 0.250 e. The minimum atomic E-state index is -0.530. The molecule has 1 N–H and O–H groups in total. The number of allylic oxidation sites excluding steroid dienone is 1. The van der Waals surface area contributed by atoms with Crippen molar-refractivity contribution >= 4 is 11.7 Å². The number of ether oxygens (including phenoxy) is 2. The van der Waals surface area contributed by atoms with E-state index >= 15 is 0 Å². The van der Waals surface area contributed by atoms with Crippen LogP contribution in [0.2, 0.25) is 0 Å². The molecule has 2 aromatic heterocycles. The van der Waals surface area contributed by atoms with E-state index < -0.39 is 5.60 Å². The molecular weight excluding hydrogens is 394 g/mol. The number of methoxy groups -OCH3 is 1. The van der Waals surface area contributed by atoms with Crippen molar-refractivity contribution in [2.24, 2.45) is 0 Å². The molecule has 31 heavy (non-hydrogen) atoms. The van der Waals surface area contributed by atoms with Crippen molar-refractivity contribution in [2.75, 3.05) is 25.2 Å². The third-order valence-electron chi connectivity index (χ3n) is 5.47. The molecule has 0 aliphatic heterocycles. The fraction of sp³-hybridized carbons (Fsp3) is 0.391. The van der Waals surface area contributed by atoms with Crippen LogP contribution in [0.25, 0.3) is 0 Å². The molecule has 1 aliphatic carbocycles. The Kier molecular flexibility index (Phi) is 7.21. The summed E-state index contributed by atoms with van der Waals surface area (Å²) >= 11 is 0. The number of hydrogen-bond acceptors (Lipinski definition) is 7. The first-order chi connectivity index (χ1) is 15.0. The first-order valence-electron chi connectivity index (χ1n) is 10.2. The van der Waals surface area contributed by atoms with Gasteiger partial charge < -0.3 is 19.7 Å². The van der Waals surface area contributed by atoms with Crippen LogP contribution in [0.5, 0.6) is 5.75 Å². The lowest BCUT2D eigenvalue weighted by atomic mass is 9.75. The summed E-state index contributed by atoms with van der Waals surface area (Å²) in [6, 6.07) is 7.37. The Balaban J connectivity index is 1.61. The number of nitriles is 1. The van der Waals surface area contributed by atoms with Crippen LogP contribution in [0.4, 0.5) is 5.82 Å². The van der Waals surface area contributed by atoms with Crippen LogP contribution in [0, 0.1) is 11.3 Å². The molecule has 2 heterocycles. The fourth-order valence-electron chi connectivity index (χ4n) is 3.60. The Morgan fingerprint density at radius 1 is 1.35 bits per heavy atom. The van der Waals surface area contributed by atoms with Crippen molar-refractivity contribution in [2.45, 2.75) is 38.7 Å². The highest BCUT2D eigenvalue weighted by Crippen LogP contribution is 2.47. The van der Waals surface area contributed by atoms with Gasteiger partial charge in [-0.1, -0.05) is 0 Å². The zero-order valence-corrected chi connectivity index (χ0v) is 18.1. The van der Waals surface area contributed by atoms with Gasteiger partial charge in [-0.25, -0.2) is 4.98 Å². The van der Waals surface area contributed by atoms with Gasteiger partial charge in [-0.15, -0.1) is 0 Å². The largest absolute Gasteiger partial charge is 0.496 e. The standard InChI is InChI=1S/C23H27N5O3/c1-4-28(21-7-6-18(12-24)14-26-21)17(2)13-27-22(29)16-31-23(9-5-10-23)19-15-25-11-8-20(19)30-3/h6-8,11,13-15H,4-5,9-10,16H2,1-3H3,(H,27,29)/b17-13+. The van der Waals surface area contributed by atoms with E-state index in [9.17, 15) is 4.79 Å². The summed E-state index contributed by atoms with van der Waals surface area (Å²) in [5.41, 5.74) is 1.67. The third-order valence-corrected chi connectivity index (χ3v) is 5.47. The quantitative estimate of drug-likeness (QED) is 0.663. The highest BCUT2D eigenvalue weighted by atomic mass is 16.5. The molecule has 1 amide bonds.